The van der Waals surface area contributed by atoms with Crippen molar-refractivity contribution in [2.45, 2.75) is 4.90 Å². The second-order valence-electron chi connectivity index (χ2n) is 3.60. The van der Waals surface area contributed by atoms with Gasteiger partial charge in [0, 0.05) is 6.20 Å². The number of nitrogens with zero attached hydrogens (tertiary/aromatic N) is 1. The quantitative estimate of drug-likeness (QED) is 0.672. The Balaban J connectivity index is 2.44. The van der Waals surface area contributed by atoms with Crippen LogP contribution in [0.4, 0.5) is 15.8 Å². The summed E-state index contributed by atoms with van der Waals surface area (Å²) in [6, 6.07) is 6.47. The van der Waals surface area contributed by atoms with E-state index in [0.29, 0.717) is 0 Å². The summed E-state index contributed by atoms with van der Waals surface area (Å²) in [5, 5.41) is -0.0129. The van der Waals surface area contributed by atoms with E-state index in [2.05, 4.69) is 9.71 Å². The molecule has 2 rings (SSSR count). The van der Waals surface area contributed by atoms with E-state index in [1.165, 1.54) is 30.5 Å². The lowest BCUT2D eigenvalue weighted by Gasteiger charge is -2.10. The number of nitrogen functional groups attached to an aromatic ring is 1. The van der Waals surface area contributed by atoms with Gasteiger partial charge in [0.2, 0.25) is 0 Å². The number of benzene rings is 1. The van der Waals surface area contributed by atoms with Crippen molar-refractivity contribution in [2.75, 3.05) is 10.5 Å². The summed E-state index contributed by atoms with van der Waals surface area (Å²) in [4.78, 5) is 3.38. The molecule has 0 unspecified atom stereocenters. The number of aromatic nitrogens is 1. The molecule has 0 fully saturated rings. The van der Waals surface area contributed by atoms with Crippen LogP contribution >= 0.6 is 11.6 Å². The first-order chi connectivity index (χ1) is 8.92. The second kappa shape index (κ2) is 5.02. The Morgan fingerprint density at radius 2 is 2.00 bits per heavy atom. The van der Waals surface area contributed by atoms with Gasteiger partial charge in [-0.25, -0.2) is 17.8 Å². The monoisotopic (exact) mass is 301 g/mol. The molecule has 0 atom stereocenters. The number of pyridine rings is 1. The Morgan fingerprint density at radius 1 is 1.26 bits per heavy atom. The predicted octanol–water partition coefficient (Wildman–Crippen LogP) is 2.26. The van der Waals surface area contributed by atoms with Gasteiger partial charge in [-0.05, 0) is 24.3 Å². The van der Waals surface area contributed by atoms with Crippen LogP contribution in [0.3, 0.4) is 0 Å². The Hall–Kier alpha value is -1.86. The predicted molar refractivity (Wildman–Crippen MR) is 70.9 cm³/mol. The number of halogens is 2. The third kappa shape index (κ3) is 2.77. The van der Waals surface area contributed by atoms with Crippen LogP contribution in [0.1, 0.15) is 0 Å². The van der Waals surface area contributed by atoms with Crippen LogP contribution in [0.15, 0.2) is 41.4 Å². The average Bonchev–Trinajstić information content (AvgIpc) is 2.35. The number of nitrogens with two attached hydrogens (primary N) is 1. The lowest BCUT2D eigenvalue weighted by atomic mass is 10.3. The highest BCUT2D eigenvalue weighted by Crippen LogP contribution is 2.26. The highest BCUT2D eigenvalue weighted by molar-refractivity contribution is 7.92. The summed E-state index contributed by atoms with van der Waals surface area (Å²) in [7, 11) is -4.03. The lowest BCUT2D eigenvalue weighted by molar-refractivity contribution is 0.597. The minimum Gasteiger partial charge on any atom is -0.395 e. The normalized spacial score (nSPS) is 11.3. The zero-order valence-electron chi connectivity index (χ0n) is 9.47. The van der Waals surface area contributed by atoms with Gasteiger partial charge in [-0.3, -0.25) is 4.72 Å². The van der Waals surface area contributed by atoms with Crippen LogP contribution < -0.4 is 10.5 Å². The minimum atomic E-state index is -4.03. The van der Waals surface area contributed by atoms with Crippen molar-refractivity contribution in [3.63, 3.8) is 0 Å². The Labute approximate surface area is 114 Å². The molecule has 0 aliphatic rings. The maximum absolute atomic E-state index is 13.3. The molecule has 5 nitrogen and oxygen atoms in total. The van der Waals surface area contributed by atoms with Crippen molar-refractivity contribution in [3.05, 3.63) is 47.5 Å². The zero-order valence-corrected chi connectivity index (χ0v) is 11.0. The van der Waals surface area contributed by atoms with Crippen LogP contribution in [-0.4, -0.2) is 13.4 Å². The maximum atomic E-state index is 13.3. The first kappa shape index (κ1) is 13.6. The number of nitrogens with one attached hydrogen (secondary N) is 1. The summed E-state index contributed by atoms with van der Waals surface area (Å²) in [5.74, 6) is -0.805. The van der Waals surface area contributed by atoms with Gasteiger partial charge in [0.25, 0.3) is 10.0 Å². The van der Waals surface area contributed by atoms with Crippen LogP contribution in [0.2, 0.25) is 5.15 Å². The standard InChI is InChI=1S/C11H9ClFN3O2S/c12-11-8(4-2-6-15-11)16-19(17,18)9-5-1-3-7(13)10(9)14/h1-6,16H,14H2. The molecule has 0 saturated carbocycles. The number of hydrogen-bond donors (Lipinski definition) is 2. The van der Waals surface area contributed by atoms with Gasteiger partial charge >= 0.3 is 0 Å². The third-order valence-corrected chi connectivity index (χ3v) is 4.03. The minimum absolute atomic E-state index is 0.0129. The van der Waals surface area contributed by atoms with Crippen molar-refractivity contribution < 1.29 is 12.8 Å². The molecule has 0 amide bonds. The van der Waals surface area contributed by atoms with Gasteiger partial charge < -0.3 is 5.73 Å². The van der Waals surface area contributed by atoms with Gasteiger partial charge in [-0.1, -0.05) is 17.7 Å². The van der Waals surface area contributed by atoms with E-state index in [9.17, 15) is 12.8 Å². The van der Waals surface area contributed by atoms with Gasteiger partial charge in [0.15, 0.2) is 5.15 Å². The Bertz CT molecular complexity index is 722. The molecule has 1 aromatic carbocycles. The van der Waals surface area contributed by atoms with Crippen LogP contribution in [0.25, 0.3) is 0 Å². The van der Waals surface area contributed by atoms with E-state index in [4.69, 9.17) is 17.3 Å². The molecular weight excluding hydrogens is 293 g/mol. The Morgan fingerprint density at radius 3 is 2.68 bits per heavy atom. The second-order valence-corrected chi connectivity index (χ2v) is 5.61. The van der Waals surface area contributed by atoms with Crippen molar-refractivity contribution in [1.29, 1.82) is 0 Å². The summed E-state index contributed by atoms with van der Waals surface area (Å²) in [6.45, 7) is 0. The van der Waals surface area contributed by atoms with E-state index in [1.807, 2.05) is 0 Å². The van der Waals surface area contributed by atoms with Crippen molar-refractivity contribution in [1.82, 2.24) is 4.98 Å². The summed E-state index contributed by atoms with van der Waals surface area (Å²) in [6.07, 6.45) is 1.41. The van der Waals surface area contributed by atoms with E-state index >= 15 is 0 Å². The SMILES string of the molecule is Nc1c(F)cccc1S(=O)(=O)Nc1cccnc1Cl. The first-order valence-corrected chi connectivity index (χ1v) is 6.95. The average molecular weight is 302 g/mol. The molecule has 0 aliphatic heterocycles. The number of rotatable bonds is 3. The molecule has 2 aromatic rings. The Kier molecular flexibility index (Phi) is 3.59. The van der Waals surface area contributed by atoms with Gasteiger partial charge in [-0.2, -0.15) is 0 Å². The zero-order chi connectivity index (χ0) is 14.0. The molecule has 100 valence electrons. The molecule has 0 aliphatic carbocycles. The van der Waals surface area contributed by atoms with Crippen molar-refractivity contribution in [3.8, 4) is 0 Å². The topological polar surface area (TPSA) is 85.1 Å². The van der Waals surface area contributed by atoms with Crippen LogP contribution in [0.5, 0.6) is 0 Å². The fourth-order valence-electron chi connectivity index (χ4n) is 1.41. The van der Waals surface area contributed by atoms with Gasteiger partial charge in [0.05, 0.1) is 11.4 Å². The molecule has 0 saturated heterocycles. The fraction of sp³-hybridized carbons (Fsp3) is 0. The van der Waals surface area contributed by atoms with Crippen molar-refractivity contribution >= 4 is 33.0 Å². The first-order valence-electron chi connectivity index (χ1n) is 5.09. The number of para-hydroxylation sites is 1. The van der Waals surface area contributed by atoms with Crippen LogP contribution in [0, 0.1) is 5.82 Å². The van der Waals surface area contributed by atoms with Gasteiger partial charge in [-0.15, -0.1) is 0 Å². The molecule has 1 aromatic heterocycles. The largest absolute Gasteiger partial charge is 0.395 e. The molecule has 0 bridgehead atoms. The van der Waals surface area contributed by atoms with E-state index in [0.717, 1.165) is 6.07 Å². The summed E-state index contributed by atoms with van der Waals surface area (Å²) in [5.41, 5.74) is 5.06. The maximum Gasteiger partial charge on any atom is 0.264 e. The molecule has 0 spiro atoms. The molecule has 1 heterocycles. The summed E-state index contributed by atoms with van der Waals surface area (Å²) >= 11 is 5.75. The fourth-order valence-corrected chi connectivity index (χ4v) is 2.85. The van der Waals surface area contributed by atoms with Gasteiger partial charge in [0.1, 0.15) is 10.7 Å². The molecule has 0 radical (unpaired) electrons. The molecule has 8 heteroatoms. The van der Waals surface area contributed by atoms with E-state index in [-0.39, 0.29) is 15.7 Å². The molecule has 19 heavy (non-hydrogen) atoms. The molecule has 3 N–H and O–H groups in total. The number of hydrogen-bond acceptors (Lipinski definition) is 4. The highest BCUT2D eigenvalue weighted by Gasteiger charge is 2.20. The van der Waals surface area contributed by atoms with Crippen molar-refractivity contribution in [2.24, 2.45) is 0 Å². The molecular formula is C11H9ClFN3O2S. The lowest BCUT2D eigenvalue weighted by Crippen LogP contribution is -2.15. The number of sulfonamides is 1. The van der Waals surface area contributed by atoms with E-state index < -0.39 is 21.5 Å². The number of anilines is 2. The summed E-state index contributed by atoms with van der Waals surface area (Å²) < 4.78 is 39.6. The third-order valence-electron chi connectivity index (χ3n) is 2.31. The van der Waals surface area contributed by atoms with Crippen LogP contribution in [-0.2, 0) is 10.0 Å². The smallest absolute Gasteiger partial charge is 0.264 e. The highest BCUT2D eigenvalue weighted by atomic mass is 35.5. The van der Waals surface area contributed by atoms with E-state index in [1.54, 1.807) is 0 Å².